The van der Waals surface area contributed by atoms with Crippen LogP contribution in [0.25, 0.3) is 0 Å². The molecule has 0 radical (unpaired) electrons. The second kappa shape index (κ2) is 6.02. The van der Waals surface area contributed by atoms with Crippen LogP contribution < -0.4 is 5.32 Å². The van der Waals surface area contributed by atoms with Crippen LogP contribution in [0.2, 0.25) is 0 Å². The Bertz CT molecular complexity index is 556. The van der Waals surface area contributed by atoms with Crippen LogP contribution in [0.15, 0.2) is 18.2 Å². The van der Waals surface area contributed by atoms with Crippen molar-refractivity contribution in [1.82, 2.24) is 4.90 Å². The van der Waals surface area contributed by atoms with Gasteiger partial charge in [-0.1, -0.05) is 0 Å². The molecule has 0 saturated heterocycles. The minimum Gasteiger partial charge on any atom is -0.478 e. The van der Waals surface area contributed by atoms with Gasteiger partial charge in [0.1, 0.15) is 0 Å². The Morgan fingerprint density at radius 1 is 1.24 bits per heavy atom. The number of carbonyl (C=O) groups is 2. The van der Waals surface area contributed by atoms with Gasteiger partial charge in [0.05, 0.1) is 11.1 Å². The number of benzene rings is 1. The molecule has 8 heteroatoms. The maximum atomic E-state index is 12.7. The topological polar surface area (TPSA) is 69.6 Å². The Balaban J connectivity index is 3.15. The van der Waals surface area contributed by atoms with Gasteiger partial charge in [-0.25, -0.2) is 9.59 Å². The standard InChI is InChI=1S/C13H15F3N2O3/c1-7(2)18(3)12(21)17-10-5-8(11(19)20)4-9(6-10)13(14,15)16/h4-7H,1-3H3,(H,17,21)(H,19,20). The Labute approximate surface area is 119 Å². The molecule has 1 aromatic carbocycles. The molecule has 2 N–H and O–H groups in total. The highest BCUT2D eigenvalue weighted by molar-refractivity contribution is 5.93. The number of carboxylic acid groups (broad SMARTS) is 1. The van der Waals surface area contributed by atoms with E-state index in [0.717, 1.165) is 6.07 Å². The second-order valence-corrected chi connectivity index (χ2v) is 4.74. The van der Waals surface area contributed by atoms with Crippen molar-refractivity contribution in [3.05, 3.63) is 29.3 Å². The van der Waals surface area contributed by atoms with Crippen LogP contribution in [0.5, 0.6) is 0 Å². The number of rotatable bonds is 3. The highest BCUT2D eigenvalue weighted by Crippen LogP contribution is 2.32. The van der Waals surface area contributed by atoms with Gasteiger partial charge < -0.3 is 15.3 Å². The summed E-state index contributed by atoms with van der Waals surface area (Å²) in [4.78, 5) is 23.9. The summed E-state index contributed by atoms with van der Waals surface area (Å²) in [6.45, 7) is 3.46. The van der Waals surface area contributed by atoms with Crippen LogP contribution in [-0.4, -0.2) is 35.1 Å². The largest absolute Gasteiger partial charge is 0.478 e. The van der Waals surface area contributed by atoms with Crippen molar-refractivity contribution in [2.45, 2.75) is 26.1 Å². The number of alkyl halides is 3. The fourth-order valence-corrected chi connectivity index (χ4v) is 1.43. The van der Waals surface area contributed by atoms with Crippen molar-refractivity contribution in [2.75, 3.05) is 12.4 Å². The first-order valence-electron chi connectivity index (χ1n) is 6.01. The van der Waals surface area contributed by atoms with Gasteiger partial charge in [-0.15, -0.1) is 0 Å². The predicted molar refractivity (Wildman–Crippen MR) is 70.3 cm³/mol. The average Bonchev–Trinajstić information content (AvgIpc) is 2.36. The van der Waals surface area contributed by atoms with E-state index in [2.05, 4.69) is 5.32 Å². The van der Waals surface area contributed by atoms with E-state index in [4.69, 9.17) is 5.11 Å². The number of nitrogens with one attached hydrogen (secondary N) is 1. The molecule has 0 aromatic heterocycles. The van der Waals surface area contributed by atoms with Gasteiger partial charge in [0.2, 0.25) is 0 Å². The van der Waals surface area contributed by atoms with Crippen LogP contribution in [0.1, 0.15) is 29.8 Å². The minimum absolute atomic E-state index is 0.158. The van der Waals surface area contributed by atoms with Gasteiger partial charge in [-0.05, 0) is 32.0 Å². The lowest BCUT2D eigenvalue weighted by Gasteiger charge is -2.22. The van der Waals surface area contributed by atoms with Crippen molar-refractivity contribution in [1.29, 1.82) is 0 Å². The number of amides is 2. The Hall–Kier alpha value is -2.25. The molecule has 0 saturated carbocycles. The molecule has 0 atom stereocenters. The number of carbonyl (C=O) groups excluding carboxylic acids is 1. The fourth-order valence-electron chi connectivity index (χ4n) is 1.43. The SMILES string of the molecule is CC(C)N(C)C(=O)Nc1cc(C(=O)O)cc(C(F)(F)F)c1. The van der Waals surface area contributed by atoms with Gasteiger partial charge in [0.15, 0.2) is 0 Å². The summed E-state index contributed by atoms with van der Waals surface area (Å²) >= 11 is 0. The number of urea groups is 1. The van der Waals surface area contributed by atoms with Crippen molar-refractivity contribution in [3.63, 3.8) is 0 Å². The van der Waals surface area contributed by atoms with E-state index < -0.39 is 29.3 Å². The van der Waals surface area contributed by atoms with E-state index in [1.807, 2.05) is 0 Å². The molecule has 0 bridgehead atoms. The van der Waals surface area contributed by atoms with Gasteiger partial charge >= 0.3 is 18.2 Å². The maximum Gasteiger partial charge on any atom is 0.416 e. The molecule has 0 spiro atoms. The smallest absolute Gasteiger partial charge is 0.416 e. The number of halogens is 3. The van der Waals surface area contributed by atoms with Crippen molar-refractivity contribution < 1.29 is 27.9 Å². The summed E-state index contributed by atoms with van der Waals surface area (Å²) in [5.74, 6) is -1.51. The number of nitrogens with zero attached hydrogens (tertiary/aromatic N) is 1. The molecule has 0 heterocycles. The number of anilines is 1. The van der Waals surface area contributed by atoms with Crippen LogP contribution in [0, 0.1) is 0 Å². The number of hydrogen-bond acceptors (Lipinski definition) is 2. The van der Waals surface area contributed by atoms with E-state index in [1.165, 1.54) is 11.9 Å². The number of carboxylic acids is 1. The lowest BCUT2D eigenvalue weighted by molar-refractivity contribution is -0.137. The molecule has 2 amide bonds. The molecule has 21 heavy (non-hydrogen) atoms. The third-order valence-electron chi connectivity index (χ3n) is 2.85. The van der Waals surface area contributed by atoms with Gasteiger partial charge in [-0.3, -0.25) is 0 Å². The first-order chi connectivity index (χ1) is 9.52. The zero-order valence-corrected chi connectivity index (χ0v) is 11.7. The summed E-state index contributed by atoms with van der Waals surface area (Å²) in [5.41, 5.74) is -1.91. The molecule has 1 aromatic rings. The van der Waals surface area contributed by atoms with Crippen molar-refractivity contribution >= 4 is 17.7 Å². The minimum atomic E-state index is -4.70. The van der Waals surface area contributed by atoms with Crippen LogP contribution >= 0.6 is 0 Å². The fraction of sp³-hybridized carbons (Fsp3) is 0.385. The van der Waals surface area contributed by atoms with E-state index in [1.54, 1.807) is 13.8 Å². The van der Waals surface area contributed by atoms with Crippen LogP contribution in [0.3, 0.4) is 0 Å². The lowest BCUT2D eigenvalue weighted by atomic mass is 10.1. The van der Waals surface area contributed by atoms with E-state index >= 15 is 0 Å². The van der Waals surface area contributed by atoms with E-state index in [9.17, 15) is 22.8 Å². The monoisotopic (exact) mass is 304 g/mol. The zero-order valence-electron chi connectivity index (χ0n) is 11.7. The molecule has 0 aliphatic heterocycles. The van der Waals surface area contributed by atoms with Crippen LogP contribution in [0.4, 0.5) is 23.7 Å². The predicted octanol–water partition coefficient (Wildman–Crippen LogP) is 3.28. The molecular weight excluding hydrogens is 289 g/mol. The van der Waals surface area contributed by atoms with Gasteiger partial charge in [0, 0.05) is 18.8 Å². The van der Waals surface area contributed by atoms with Crippen molar-refractivity contribution in [3.8, 4) is 0 Å². The Morgan fingerprint density at radius 2 is 1.81 bits per heavy atom. The molecule has 1 rings (SSSR count). The highest BCUT2D eigenvalue weighted by Gasteiger charge is 2.32. The van der Waals surface area contributed by atoms with Gasteiger partial charge in [0.25, 0.3) is 0 Å². The normalized spacial score (nSPS) is 11.4. The highest BCUT2D eigenvalue weighted by atomic mass is 19.4. The lowest BCUT2D eigenvalue weighted by Crippen LogP contribution is -2.36. The van der Waals surface area contributed by atoms with Crippen LogP contribution in [-0.2, 0) is 6.18 Å². The maximum absolute atomic E-state index is 12.7. The van der Waals surface area contributed by atoms with E-state index in [-0.39, 0.29) is 11.7 Å². The number of aromatic carboxylic acids is 1. The molecule has 0 aliphatic rings. The Kier molecular flexibility index (Phi) is 4.82. The summed E-state index contributed by atoms with van der Waals surface area (Å²) in [7, 11) is 1.48. The molecular formula is C13H15F3N2O3. The quantitative estimate of drug-likeness (QED) is 0.900. The zero-order chi connectivity index (χ0) is 16.4. The summed E-state index contributed by atoms with van der Waals surface area (Å²) in [5, 5.41) is 11.1. The molecule has 116 valence electrons. The first kappa shape index (κ1) is 16.8. The third kappa shape index (κ3) is 4.37. The second-order valence-electron chi connectivity index (χ2n) is 4.74. The summed E-state index contributed by atoms with van der Waals surface area (Å²) in [6.07, 6.45) is -4.70. The molecule has 0 unspecified atom stereocenters. The molecule has 0 aliphatic carbocycles. The Morgan fingerprint density at radius 3 is 2.24 bits per heavy atom. The van der Waals surface area contributed by atoms with E-state index in [0.29, 0.717) is 12.1 Å². The molecule has 0 fully saturated rings. The summed E-state index contributed by atoms with van der Waals surface area (Å²) < 4.78 is 38.2. The van der Waals surface area contributed by atoms with Gasteiger partial charge in [-0.2, -0.15) is 13.2 Å². The third-order valence-corrected chi connectivity index (χ3v) is 2.85. The van der Waals surface area contributed by atoms with Crippen molar-refractivity contribution in [2.24, 2.45) is 0 Å². The first-order valence-corrected chi connectivity index (χ1v) is 6.01. The average molecular weight is 304 g/mol. The number of hydrogen-bond donors (Lipinski definition) is 2. The molecule has 5 nitrogen and oxygen atoms in total. The summed E-state index contributed by atoms with van der Waals surface area (Å²) in [6, 6.07) is 1.40.